The summed E-state index contributed by atoms with van der Waals surface area (Å²) in [5.41, 5.74) is -0.275. The molecule has 3 heterocycles. The molecule has 0 bridgehead atoms. The lowest BCUT2D eigenvalue weighted by Gasteiger charge is -2.26. The van der Waals surface area contributed by atoms with Gasteiger partial charge in [0.2, 0.25) is 0 Å². The number of halogens is 1. The van der Waals surface area contributed by atoms with Crippen LogP contribution in [-0.2, 0) is 4.74 Å². The minimum absolute atomic E-state index is 0.0104. The summed E-state index contributed by atoms with van der Waals surface area (Å²) >= 11 is 0. The molecule has 38 heavy (non-hydrogen) atoms. The summed E-state index contributed by atoms with van der Waals surface area (Å²) in [7, 11) is 1.51. The normalized spacial score (nSPS) is 14.0. The van der Waals surface area contributed by atoms with Crippen molar-refractivity contribution < 1.29 is 32.3 Å². The average Bonchev–Trinajstić information content (AvgIpc) is 3.31. The molecule has 0 aliphatic carbocycles. The number of ether oxygens (including phenoxy) is 3. The lowest BCUT2D eigenvalue weighted by molar-refractivity contribution is 0.0321. The highest BCUT2D eigenvalue weighted by Gasteiger charge is 2.25. The van der Waals surface area contributed by atoms with E-state index in [4.69, 9.17) is 23.2 Å². The first-order chi connectivity index (χ1) is 18.4. The van der Waals surface area contributed by atoms with Crippen molar-refractivity contribution in [2.75, 3.05) is 51.9 Å². The third-order valence-corrected chi connectivity index (χ3v) is 6.24. The highest BCUT2D eigenvalue weighted by molar-refractivity contribution is 6.09. The van der Waals surface area contributed by atoms with Crippen LogP contribution in [0.4, 0.5) is 10.1 Å². The standard InChI is InChI=1S/C27H26FN3O7/c1-16-24(25(38-30-16)18-5-3-4-6-19(18)28)26(32)29-20-13-17-14-22(34-2)23(15-21(17)37-27(20)33)36-12-9-31-7-10-35-11-8-31/h3-6,13-15H,7-12H2,1-2H3,(H,29,32). The fourth-order valence-electron chi connectivity index (χ4n) is 4.25. The molecule has 4 aromatic rings. The van der Waals surface area contributed by atoms with Gasteiger partial charge in [-0.3, -0.25) is 9.69 Å². The van der Waals surface area contributed by atoms with E-state index in [-0.39, 0.29) is 33.9 Å². The van der Waals surface area contributed by atoms with Crippen LogP contribution in [0.3, 0.4) is 0 Å². The molecular formula is C27H26FN3O7. The first kappa shape index (κ1) is 25.4. The number of fused-ring (bicyclic) bond motifs is 1. The van der Waals surface area contributed by atoms with E-state index in [9.17, 15) is 14.0 Å². The topological polar surface area (TPSA) is 116 Å². The van der Waals surface area contributed by atoms with E-state index in [1.807, 2.05) is 0 Å². The summed E-state index contributed by atoms with van der Waals surface area (Å²) in [6.45, 7) is 5.78. The molecule has 2 aromatic heterocycles. The van der Waals surface area contributed by atoms with Crippen molar-refractivity contribution in [1.29, 1.82) is 0 Å². The predicted molar refractivity (Wildman–Crippen MR) is 136 cm³/mol. The van der Waals surface area contributed by atoms with Crippen molar-refractivity contribution in [2.45, 2.75) is 6.92 Å². The Hall–Kier alpha value is -4.22. The number of methoxy groups -OCH3 is 1. The number of carbonyl (C=O) groups is 1. The Morgan fingerprint density at radius 2 is 1.95 bits per heavy atom. The van der Waals surface area contributed by atoms with Gasteiger partial charge in [-0.05, 0) is 31.2 Å². The van der Waals surface area contributed by atoms with Crippen LogP contribution >= 0.6 is 0 Å². The number of morpholine rings is 1. The Labute approximate surface area is 216 Å². The van der Waals surface area contributed by atoms with Gasteiger partial charge >= 0.3 is 5.63 Å². The quantitative estimate of drug-likeness (QED) is 0.344. The second-order valence-corrected chi connectivity index (χ2v) is 8.70. The van der Waals surface area contributed by atoms with Gasteiger partial charge in [0.25, 0.3) is 5.91 Å². The fourth-order valence-corrected chi connectivity index (χ4v) is 4.25. The zero-order valence-corrected chi connectivity index (χ0v) is 20.9. The lowest BCUT2D eigenvalue weighted by Crippen LogP contribution is -2.38. The third-order valence-electron chi connectivity index (χ3n) is 6.24. The number of aromatic nitrogens is 1. The molecule has 1 amide bonds. The van der Waals surface area contributed by atoms with Gasteiger partial charge < -0.3 is 28.5 Å². The molecule has 11 heteroatoms. The third kappa shape index (κ3) is 5.24. The van der Waals surface area contributed by atoms with Crippen molar-refractivity contribution in [2.24, 2.45) is 0 Å². The summed E-state index contributed by atoms with van der Waals surface area (Å²) in [6, 6.07) is 10.6. The zero-order valence-electron chi connectivity index (χ0n) is 20.9. The van der Waals surface area contributed by atoms with Gasteiger partial charge in [-0.25, -0.2) is 9.18 Å². The highest BCUT2D eigenvalue weighted by atomic mass is 19.1. The molecular weight excluding hydrogens is 497 g/mol. The van der Waals surface area contributed by atoms with Gasteiger partial charge in [0.15, 0.2) is 17.3 Å². The van der Waals surface area contributed by atoms with Gasteiger partial charge in [0, 0.05) is 31.1 Å². The van der Waals surface area contributed by atoms with E-state index in [0.29, 0.717) is 36.7 Å². The molecule has 0 radical (unpaired) electrons. The number of anilines is 1. The van der Waals surface area contributed by atoms with E-state index in [1.165, 1.54) is 31.4 Å². The summed E-state index contributed by atoms with van der Waals surface area (Å²) in [5, 5.41) is 6.86. The Kier molecular flexibility index (Phi) is 7.38. The molecule has 0 spiro atoms. The second-order valence-electron chi connectivity index (χ2n) is 8.70. The minimum Gasteiger partial charge on any atom is -0.493 e. The van der Waals surface area contributed by atoms with Gasteiger partial charge in [-0.15, -0.1) is 0 Å². The Balaban J connectivity index is 1.38. The van der Waals surface area contributed by atoms with Crippen molar-refractivity contribution in [3.8, 4) is 22.8 Å². The van der Waals surface area contributed by atoms with Crippen LogP contribution in [0.1, 0.15) is 16.1 Å². The summed E-state index contributed by atoms with van der Waals surface area (Å²) in [6.07, 6.45) is 0. The number of rotatable bonds is 8. The van der Waals surface area contributed by atoms with Crippen LogP contribution in [0.15, 0.2) is 56.2 Å². The summed E-state index contributed by atoms with van der Waals surface area (Å²) < 4.78 is 41.8. The van der Waals surface area contributed by atoms with Crippen LogP contribution in [0.2, 0.25) is 0 Å². The highest BCUT2D eigenvalue weighted by Crippen LogP contribution is 2.33. The molecule has 198 valence electrons. The van der Waals surface area contributed by atoms with Crippen LogP contribution in [0.25, 0.3) is 22.3 Å². The molecule has 5 rings (SSSR count). The van der Waals surface area contributed by atoms with Crippen molar-refractivity contribution in [1.82, 2.24) is 10.1 Å². The molecule has 1 aliphatic rings. The second kappa shape index (κ2) is 11.0. The molecule has 2 aromatic carbocycles. The number of carbonyl (C=O) groups excluding carboxylic acids is 1. The number of benzene rings is 2. The molecule has 0 atom stereocenters. The van der Waals surface area contributed by atoms with Crippen molar-refractivity contribution in [3.05, 3.63) is 70.0 Å². The molecule has 0 saturated carbocycles. The summed E-state index contributed by atoms with van der Waals surface area (Å²) in [4.78, 5) is 28.1. The molecule has 1 saturated heterocycles. The van der Waals surface area contributed by atoms with E-state index in [1.54, 1.807) is 25.1 Å². The Morgan fingerprint density at radius 1 is 1.16 bits per heavy atom. The van der Waals surface area contributed by atoms with Gasteiger partial charge in [0.1, 0.15) is 29.3 Å². The van der Waals surface area contributed by atoms with Crippen molar-refractivity contribution in [3.63, 3.8) is 0 Å². The zero-order chi connectivity index (χ0) is 26.6. The maximum absolute atomic E-state index is 14.4. The maximum Gasteiger partial charge on any atom is 0.360 e. The molecule has 0 unspecified atom stereocenters. The van der Waals surface area contributed by atoms with Gasteiger partial charge in [-0.1, -0.05) is 17.3 Å². The Morgan fingerprint density at radius 3 is 2.71 bits per heavy atom. The van der Waals surface area contributed by atoms with E-state index < -0.39 is 17.3 Å². The first-order valence-electron chi connectivity index (χ1n) is 12.1. The first-order valence-corrected chi connectivity index (χ1v) is 12.1. The SMILES string of the molecule is COc1cc2cc(NC(=O)c3c(C)noc3-c3ccccc3F)c(=O)oc2cc1OCCN1CCOCC1. The fraction of sp³-hybridized carbons (Fsp3) is 0.296. The lowest BCUT2D eigenvalue weighted by atomic mass is 10.1. The van der Waals surface area contributed by atoms with Gasteiger partial charge in [-0.2, -0.15) is 0 Å². The Bertz CT molecular complexity index is 1530. The van der Waals surface area contributed by atoms with Crippen LogP contribution in [0, 0.1) is 12.7 Å². The predicted octanol–water partition coefficient (Wildman–Crippen LogP) is 3.87. The smallest absolute Gasteiger partial charge is 0.360 e. The number of hydrogen-bond donors (Lipinski definition) is 1. The van der Waals surface area contributed by atoms with Crippen LogP contribution in [0.5, 0.6) is 11.5 Å². The summed E-state index contributed by atoms with van der Waals surface area (Å²) in [5.74, 6) is -0.421. The largest absolute Gasteiger partial charge is 0.493 e. The molecule has 1 N–H and O–H groups in total. The van der Waals surface area contributed by atoms with E-state index in [0.717, 1.165) is 19.6 Å². The van der Waals surface area contributed by atoms with Crippen molar-refractivity contribution >= 4 is 22.6 Å². The number of amides is 1. The number of nitrogens with zero attached hydrogens (tertiary/aromatic N) is 2. The molecule has 10 nitrogen and oxygen atoms in total. The number of nitrogens with one attached hydrogen (secondary N) is 1. The minimum atomic E-state index is -0.767. The average molecular weight is 524 g/mol. The van der Waals surface area contributed by atoms with Crippen LogP contribution in [-0.4, -0.2) is 62.5 Å². The van der Waals surface area contributed by atoms with Crippen LogP contribution < -0.4 is 20.4 Å². The van der Waals surface area contributed by atoms with E-state index in [2.05, 4.69) is 15.4 Å². The monoisotopic (exact) mass is 523 g/mol. The maximum atomic E-state index is 14.4. The molecule has 1 aliphatic heterocycles. The number of aryl methyl sites for hydroxylation is 1. The number of hydrogen-bond acceptors (Lipinski definition) is 9. The van der Waals surface area contributed by atoms with Gasteiger partial charge in [0.05, 0.1) is 31.6 Å². The molecule has 1 fully saturated rings. The van der Waals surface area contributed by atoms with E-state index >= 15 is 0 Å².